The maximum absolute atomic E-state index is 3.47. The van der Waals surface area contributed by atoms with Crippen molar-refractivity contribution in [3.05, 3.63) is 0 Å². The molecule has 13 heavy (non-hydrogen) atoms. The average molecular weight is 203 g/mol. The van der Waals surface area contributed by atoms with Gasteiger partial charge in [0.1, 0.15) is 0 Å². The molecule has 2 unspecified atom stereocenters. The lowest BCUT2D eigenvalue weighted by atomic mass is 10.2. The SMILES string of the molecule is CCC(C)CSC(C)CNC(C)C. The third-order valence-electron chi connectivity index (χ3n) is 2.18. The Morgan fingerprint density at radius 1 is 1.15 bits per heavy atom. The van der Waals surface area contributed by atoms with Gasteiger partial charge in [0.25, 0.3) is 0 Å². The van der Waals surface area contributed by atoms with Crippen LogP contribution in [0, 0.1) is 5.92 Å². The van der Waals surface area contributed by atoms with Gasteiger partial charge in [0, 0.05) is 17.8 Å². The number of hydrogen-bond acceptors (Lipinski definition) is 2. The molecule has 0 saturated heterocycles. The summed E-state index contributed by atoms with van der Waals surface area (Å²) in [6.45, 7) is 12.4. The second-order valence-corrected chi connectivity index (χ2v) is 5.69. The Morgan fingerprint density at radius 3 is 2.23 bits per heavy atom. The van der Waals surface area contributed by atoms with Crippen molar-refractivity contribution in [2.45, 2.75) is 52.3 Å². The van der Waals surface area contributed by atoms with E-state index in [1.54, 1.807) is 0 Å². The fourth-order valence-corrected chi connectivity index (χ4v) is 2.01. The Labute approximate surface area is 88.1 Å². The molecule has 0 saturated carbocycles. The van der Waals surface area contributed by atoms with Gasteiger partial charge in [-0.3, -0.25) is 0 Å². The second kappa shape index (κ2) is 7.69. The fraction of sp³-hybridized carbons (Fsp3) is 1.00. The summed E-state index contributed by atoms with van der Waals surface area (Å²) in [5.74, 6) is 2.17. The van der Waals surface area contributed by atoms with Crippen LogP contribution in [-0.2, 0) is 0 Å². The molecule has 0 spiro atoms. The largest absolute Gasteiger partial charge is 0.313 e. The zero-order chi connectivity index (χ0) is 10.3. The van der Waals surface area contributed by atoms with E-state index in [0.29, 0.717) is 6.04 Å². The molecule has 0 aliphatic carbocycles. The molecule has 0 heterocycles. The molecule has 0 fully saturated rings. The van der Waals surface area contributed by atoms with Gasteiger partial charge < -0.3 is 5.32 Å². The molecule has 0 rings (SSSR count). The van der Waals surface area contributed by atoms with Crippen LogP contribution in [0.25, 0.3) is 0 Å². The summed E-state index contributed by atoms with van der Waals surface area (Å²) in [6, 6.07) is 0.617. The van der Waals surface area contributed by atoms with Crippen LogP contribution in [0.15, 0.2) is 0 Å². The molecule has 0 aromatic rings. The van der Waals surface area contributed by atoms with Gasteiger partial charge in [0.05, 0.1) is 0 Å². The zero-order valence-electron chi connectivity index (χ0n) is 9.76. The molecule has 0 aliphatic heterocycles. The van der Waals surface area contributed by atoms with Gasteiger partial charge >= 0.3 is 0 Å². The third-order valence-corrected chi connectivity index (χ3v) is 3.67. The lowest BCUT2D eigenvalue weighted by Gasteiger charge is -2.16. The first-order chi connectivity index (χ1) is 6.06. The second-order valence-electron chi connectivity index (χ2n) is 4.22. The highest BCUT2D eigenvalue weighted by atomic mass is 32.2. The predicted octanol–water partition coefficient (Wildman–Crippen LogP) is 3.15. The van der Waals surface area contributed by atoms with Crippen molar-refractivity contribution in [1.29, 1.82) is 0 Å². The molecular weight excluding hydrogens is 178 g/mol. The molecule has 0 radical (unpaired) electrons. The molecule has 0 amide bonds. The van der Waals surface area contributed by atoms with Crippen molar-refractivity contribution in [3.8, 4) is 0 Å². The standard InChI is InChI=1S/C11H25NS/c1-6-10(4)8-13-11(5)7-12-9(2)3/h9-12H,6-8H2,1-5H3. The monoisotopic (exact) mass is 203 g/mol. The van der Waals surface area contributed by atoms with E-state index in [2.05, 4.69) is 51.7 Å². The average Bonchev–Trinajstić information content (AvgIpc) is 2.10. The molecule has 0 aromatic carbocycles. The lowest BCUT2D eigenvalue weighted by molar-refractivity contribution is 0.586. The molecular formula is C11H25NS. The zero-order valence-corrected chi connectivity index (χ0v) is 10.6. The molecule has 1 nitrogen and oxygen atoms in total. The van der Waals surface area contributed by atoms with Crippen LogP contribution >= 0.6 is 11.8 Å². The Hall–Kier alpha value is 0.310. The molecule has 80 valence electrons. The van der Waals surface area contributed by atoms with Gasteiger partial charge in [-0.15, -0.1) is 0 Å². The summed E-state index contributed by atoms with van der Waals surface area (Å²) >= 11 is 2.09. The van der Waals surface area contributed by atoms with Crippen LogP contribution in [0.1, 0.15) is 41.0 Å². The van der Waals surface area contributed by atoms with Crippen LogP contribution in [0.2, 0.25) is 0 Å². The van der Waals surface area contributed by atoms with Crippen LogP contribution in [-0.4, -0.2) is 23.6 Å². The number of hydrogen-bond donors (Lipinski definition) is 1. The molecule has 0 aliphatic rings. The molecule has 2 atom stereocenters. The normalized spacial score (nSPS) is 16.2. The quantitative estimate of drug-likeness (QED) is 0.682. The summed E-state index contributed by atoms with van der Waals surface area (Å²) in [7, 11) is 0. The summed E-state index contributed by atoms with van der Waals surface area (Å²) in [6.07, 6.45) is 1.30. The van der Waals surface area contributed by atoms with E-state index >= 15 is 0 Å². The van der Waals surface area contributed by atoms with E-state index in [1.807, 2.05) is 0 Å². The van der Waals surface area contributed by atoms with Gasteiger partial charge in [0.2, 0.25) is 0 Å². The van der Waals surface area contributed by atoms with Crippen molar-refractivity contribution in [2.24, 2.45) is 5.92 Å². The van der Waals surface area contributed by atoms with Crippen molar-refractivity contribution in [3.63, 3.8) is 0 Å². The summed E-state index contributed by atoms with van der Waals surface area (Å²) in [5.41, 5.74) is 0. The van der Waals surface area contributed by atoms with Crippen LogP contribution in [0.5, 0.6) is 0 Å². The van der Waals surface area contributed by atoms with E-state index in [1.165, 1.54) is 12.2 Å². The number of nitrogens with one attached hydrogen (secondary N) is 1. The van der Waals surface area contributed by atoms with Crippen LogP contribution in [0.3, 0.4) is 0 Å². The van der Waals surface area contributed by atoms with Gasteiger partial charge in [-0.1, -0.05) is 41.0 Å². The van der Waals surface area contributed by atoms with Crippen molar-refractivity contribution < 1.29 is 0 Å². The van der Waals surface area contributed by atoms with E-state index in [9.17, 15) is 0 Å². The lowest BCUT2D eigenvalue weighted by Crippen LogP contribution is -2.29. The molecule has 0 aromatic heterocycles. The van der Waals surface area contributed by atoms with Gasteiger partial charge in [-0.25, -0.2) is 0 Å². The van der Waals surface area contributed by atoms with Crippen molar-refractivity contribution in [2.75, 3.05) is 12.3 Å². The predicted molar refractivity (Wildman–Crippen MR) is 64.5 cm³/mol. The van der Waals surface area contributed by atoms with Gasteiger partial charge in [-0.05, 0) is 11.7 Å². The van der Waals surface area contributed by atoms with Gasteiger partial charge in [-0.2, -0.15) is 11.8 Å². The summed E-state index contributed by atoms with van der Waals surface area (Å²) < 4.78 is 0. The van der Waals surface area contributed by atoms with Crippen LogP contribution in [0.4, 0.5) is 0 Å². The van der Waals surface area contributed by atoms with Crippen LogP contribution < -0.4 is 5.32 Å². The number of rotatable bonds is 7. The Balaban J connectivity index is 3.34. The topological polar surface area (TPSA) is 12.0 Å². The Bertz CT molecular complexity index is 115. The minimum Gasteiger partial charge on any atom is -0.313 e. The molecule has 0 bridgehead atoms. The summed E-state index contributed by atoms with van der Waals surface area (Å²) in [4.78, 5) is 0. The first-order valence-corrected chi connectivity index (χ1v) is 6.46. The first kappa shape index (κ1) is 13.3. The first-order valence-electron chi connectivity index (χ1n) is 5.41. The Morgan fingerprint density at radius 2 is 1.77 bits per heavy atom. The highest BCUT2D eigenvalue weighted by Gasteiger charge is 2.05. The Kier molecular flexibility index (Phi) is 7.87. The van der Waals surface area contributed by atoms with E-state index in [0.717, 1.165) is 17.7 Å². The maximum atomic E-state index is 3.47. The third kappa shape index (κ3) is 8.63. The molecule has 1 N–H and O–H groups in total. The summed E-state index contributed by atoms with van der Waals surface area (Å²) in [5, 5.41) is 4.21. The highest BCUT2D eigenvalue weighted by Crippen LogP contribution is 2.16. The minimum atomic E-state index is 0.617. The minimum absolute atomic E-state index is 0.617. The molecule has 2 heteroatoms. The maximum Gasteiger partial charge on any atom is 0.0144 e. The van der Waals surface area contributed by atoms with E-state index in [4.69, 9.17) is 0 Å². The van der Waals surface area contributed by atoms with E-state index < -0.39 is 0 Å². The highest BCUT2D eigenvalue weighted by molar-refractivity contribution is 7.99. The van der Waals surface area contributed by atoms with Crippen molar-refractivity contribution >= 4 is 11.8 Å². The number of thioether (sulfide) groups is 1. The van der Waals surface area contributed by atoms with Gasteiger partial charge in [0.15, 0.2) is 0 Å². The van der Waals surface area contributed by atoms with E-state index in [-0.39, 0.29) is 0 Å². The van der Waals surface area contributed by atoms with Crippen molar-refractivity contribution in [1.82, 2.24) is 5.32 Å². The smallest absolute Gasteiger partial charge is 0.0144 e. The fourth-order valence-electron chi connectivity index (χ4n) is 0.907.